The quantitative estimate of drug-likeness (QED) is 0.868. The lowest BCUT2D eigenvalue weighted by molar-refractivity contribution is 0.0698. The highest BCUT2D eigenvalue weighted by Gasteiger charge is 2.24. The molecule has 20 heavy (non-hydrogen) atoms. The van der Waals surface area contributed by atoms with Crippen LogP contribution in [0.2, 0.25) is 0 Å². The van der Waals surface area contributed by atoms with E-state index in [4.69, 9.17) is 0 Å². The fourth-order valence-corrected chi connectivity index (χ4v) is 2.95. The number of nitrogens with zero attached hydrogens (tertiary/aromatic N) is 1. The third-order valence-corrected chi connectivity index (χ3v) is 4.24. The number of piperidine rings is 1. The Kier molecular flexibility index (Phi) is 5.01. The summed E-state index contributed by atoms with van der Waals surface area (Å²) < 4.78 is 0. The number of hydrogen-bond acceptors (Lipinski definition) is 3. The van der Waals surface area contributed by atoms with Crippen molar-refractivity contribution in [3.8, 4) is 0 Å². The molecule has 110 valence electrons. The van der Waals surface area contributed by atoms with Gasteiger partial charge in [0.25, 0.3) is 0 Å². The van der Waals surface area contributed by atoms with Gasteiger partial charge in [0, 0.05) is 18.3 Å². The lowest BCUT2D eigenvalue weighted by atomic mass is 9.91. The minimum atomic E-state index is -0.876. The van der Waals surface area contributed by atoms with Crippen molar-refractivity contribution in [1.82, 2.24) is 4.90 Å². The van der Waals surface area contributed by atoms with Crippen LogP contribution >= 0.6 is 0 Å². The second-order valence-electron chi connectivity index (χ2n) is 5.58. The Hall–Kier alpha value is -1.55. The molecule has 2 atom stereocenters. The van der Waals surface area contributed by atoms with Crippen LogP contribution in [-0.4, -0.2) is 41.7 Å². The average molecular weight is 276 g/mol. The zero-order valence-electron chi connectivity index (χ0n) is 12.3. The summed E-state index contributed by atoms with van der Waals surface area (Å²) in [6, 6.07) is 7.42. The van der Waals surface area contributed by atoms with E-state index in [1.54, 1.807) is 12.1 Å². The van der Waals surface area contributed by atoms with Gasteiger partial charge in [-0.05, 0) is 50.9 Å². The molecular weight excluding hydrogens is 252 g/mol. The molecule has 0 spiro atoms. The van der Waals surface area contributed by atoms with E-state index in [1.807, 2.05) is 12.1 Å². The summed E-state index contributed by atoms with van der Waals surface area (Å²) in [4.78, 5) is 13.7. The zero-order valence-corrected chi connectivity index (χ0v) is 12.3. The number of carboxylic acid groups (broad SMARTS) is 1. The number of carboxylic acids is 1. The fraction of sp³-hybridized carbons (Fsp3) is 0.562. The normalized spacial score (nSPS) is 21.4. The van der Waals surface area contributed by atoms with Crippen molar-refractivity contribution in [3.63, 3.8) is 0 Å². The van der Waals surface area contributed by atoms with Crippen molar-refractivity contribution in [2.75, 3.05) is 25.0 Å². The SMILES string of the molecule is CCN1CCCC(C(C)Nc2ccccc2C(=O)O)C1. The Bertz CT molecular complexity index is 462. The van der Waals surface area contributed by atoms with Crippen LogP contribution in [0.15, 0.2) is 24.3 Å². The molecule has 0 bridgehead atoms. The third-order valence-electron chi connectivity index (χ3n) is 4.24. The predicted molar refractivity (Wildman–Crippen MR) is 81.3 cm³/mol. The van der Waals surface area contributed by atoms with Crippen molar-refractivity contribution in [2.45, 2.75) is 32.7 Å². The van der Waals surface area contributed by atoms with Crippen LogP contribution in [0.25, 0.3) is 0 Å². The van der Waals surface area contributed by atoms with Crippen LogP contribution in [-0.2, 0) is 0 Å². The number of carbonyl (C=O) groups is 1. The molecule has 2 N–H and O–H groups in total. The molecule has 0 saturated carbocycles. The summed E-state index contributed by atoms with van der Waals surface area (Å²) in [6.07, 6.45) is 2.44. The largest absolute Gasteiger partial charge is 0.478 e. The number of aromatic carboxylic acids is 1. The van der Waals surface area contributed by atoms with Gasteiger partial charge in [-0.25, -0.2) is 4.79 Å². The molecule has 2 unspecified atom stereocenters. The maximum absolute atomic E-state index is 11.2. The molecule has 1 aromatic rings. The van der Waals surface area contributed by atoms with Gasteiger partial charge in [-0.15, -0.1) is 0 Å². The van der Waals surface area contributed by atoms with Crippen LogP contribution in [0.4, 0.5) is 5.69 Å². The highest BCUT2D eigenvalue weighted by atomic mass is 16.4. The third kappa shape index (κ3) is 3.51. The molecule has 1 aliphatic rings. The van der Waals surface area contributed by atoms with E-state index in [1.165, 1.54) is 19.4 Å². The molecule has 4 nitrogen and oxygen atoms in total. The van der Waals surface area contributed by atoms with Crippen molar-refractivity contribution in [2.24, 2.45) is 5.92 Å². The Morgan fingerprint density at radius 1 is 1.50 bits per heavy atom. The molecule has 1 aliphatic heterocycles. The lowest BCUT2D eigenvalue weighted by Gasteiger charge is -2.36. The van der Waals surface area contributed by atoms with Gasteiger partial charge >= 0.3 is 5.97 Å². The van der Waals surface area contributed by atoms with Crippen LogP contribution in [0.1, 0.15) is 37.0 Å². The van der Waals surface area contributed by atoms with E-state index in [2.05, 4.69) is 24.1 Å². The van der Waals surface area contributed by atoms with E-state index < -0.39 is 5.97 Å². The number of rotatable bonds is 5. The van der Waals surface area contributed by atoms with Crippen LogP contribution in [0.5, 0.6) is 0 Å². The van der Waals surface area contributed by atoms with Gasteiger partial charge < -0.3 is 15.3 Å². The van der Waals surface area contributed by atoms with E-state index in [0.717, 1.165) is 18.8 Å². The van der Waals surface area contributed by atoms with E-state index >= 15 is 0 Å². The van der Waals surface area contributed by atoms with E-state index in [9.17, 15) is 9.90 Å². The van der Waals surface area contributed by atoms with Crippen molar-refractivity contribution in [3.05, 3.63) is 29.8 Å². The molecule has 1 aromatic carbocycles. The summed E-state index contributed by atoms with van der Waals surface area (Å²) >= 11 is 0. The summed E-state index contributed by atoms with van der Waals surface area (Å²) in [5, 5.41) is 12.6. The molecule has 0 aliphatic carbocycles. The molecule has 1 saturated heterocycles. The maximum atomic E-state index is 11.2. The highest BCUT2D eigenvalue weighted by molar-refractivity contribution is 5.94. The van der Waals surface area contributed by atoms with Crippen molar-refractivity contribution < 1.29 is 9.90 Å². The summed E-state index contributed by atoms with van der Waals surface area (Å²) in [5.41, 5.74) is 1.07. The Labute approximate surface area is 120 Å². The lowest BCUT2D eigenvalue weighted by Crippen LogP contribution is -2.41. The Morgan fingerprint density at radius 2 is 2.25 bits per heavy atom. The van der Waals surface area contributed by atoms with Gasteiger partial charge in [0.05, 0.1) is 5.56 Å². The first-order valence-corrected chi connectivity index (χ1v) is 7.43. The second-order valence-corrected chi connectivity index (χ2v) is 5.58. The molecule has 1 fully saturated rings. The minimum Gasteiger partial charge on any atom is -0.478 e. The molecule has 1 heterocycles. The topological polar surface area (TPSA) is 52.6 Å². The first-order chi connectivity index (χ1) is 9.61. The average Bonchev–Trinajstić information content (AvgIpc) is 2.47. The predicted octanol–water partition coefficient (Wildman–Crippen LogP) is 2.92. The van der Waals surface area contributed by atoms with E-state index in [-0.39, 0.29) is 6.04 Å². The van der Waals surface area contributed by atoms with Gasteiger partial charge in [-0.1, -0.05) is 19.1 Å². The first-order valence-electron chi connectivity index (χ1n) is 7.43. The molecule has 0 radical (unpaired) electrons. The summed E-state index contributed by atoms with van der Waals surface area (Å²) in [5.74, 6) is -0.301. The summed E-state index contributed by atoms with van der Waals surface area (Å²) in [7, 11) is 0. The number of para-hydroxylation sites is 1. The zero-order chi connectivity index (χ0) is 14.5. The van der Waals surface area contributed by atoms with Gasteiger partial charge in [-0.3, -0.25) is 0 Å². The molecule has 0 aromatic heterocycles. The number of nitrogens with one attached hydrogen (secondary N) is 1. The van der Waals surface area contributed by atoms with Crippen LogP contribution in [0, 0.1) is 5.92 Å². The van der Waals surface area contributed by atoms with Gasteiger partial charge in [0.15, 0.2) is 0 Å². The van der Waals surface area contributed by atoms with Crippen molar-refractivity contribution >= 4 is 11.7 Å². The molecule has 0 amide bonds. The number of benzene rings is 1. The smallest absolute Gasteiger partial charge is 0.337 e. The second kappa shape index (κ2) is 6.75. The monoisotopic (exact) mass is 276 g/mol. The molecule has 2 rings (SSSR count). The maximum Gasteiger partial charge on any atom is 0.337 e. The van der Waals surface area contributed by atoms with Gasteiger partial charge in [0.1, 0.15) is 0 Å². The fourth-order valence-electron chi connectivity index (χ4n) is 2.95. The standard InChI is InChI=1S/C16H24N2O2/c1-3-18-10-6-7-13(11-18)12(2)17-15-9-5-4-8-14(15)16(19)20/h4-5,8-9,12-13,17H,3,6-7,10-11H2,1-2H3,(H,19,20). The highest BCUT2D eigenvalue weighted by Crippen LogP contribution is 2.24. The first kappa shape index (κ1) is 14.9. The van der Waals surface area contributed by atoms with Crippen molar-refractivity contribution in [1.29, 1.82) is 0 Å². The molecular formula is C16H24N2O2. The number of anilines is 1. The molecule has 4 heteroatoms. The van der Waals surface area contributed by atoms with Gasteiger partial charge in [-0.2, -0.15) is 0 Å². The Balaban J connectivity index is 2.04. The minimum absolute atomic E-state index is 0.282. The van der Waals surface area contributed by atoms with E-state index in [0.29, 0.717) is 11.5 Å². The number of hydrogen-bond donors (Lipinski definition) is 2. The van der Waals surface area contributed by atoms with Gasteiger partial charge in [0.2, 0.25) is 0 Å². The van der Waals surface area contributed by atoms with Crippen LogP contribution < -0.4 is 5.32 Å². The Morgan fingerprint density at radius 3 is 2.95 bits per heavy atom. The summed E-state index contributed by atoms with van der Waals surface area (Å²) in [6.45, 7) is 7.73. The number of likely N-dealkylation sites (tertiary alicyclic amines) is 1. The van der Waals surface area contributed by atoms with Crippen LogP contribution in [0.3, 0.4) is 0 Å².